The van der Waals surface area contributed by atoms with Crippen LogP contribution in [0.15, 0.2) is 54.6 Å². The van der Waals surface area contributed by atoms with Gasteiger partial charge in [-0.15, -0.1) is 11.8 Å². The lowest BCUT2D eigenvalue weighted by atomic mass is 10.1. The van der Waals surface area contributed by atoms with Gasteiger partial charge < -0.3 is 9.64 Å². The first kappa shape index (κ1) is 16.3. The molecule has 0 N–H and O–H groups in total. The summed E-state index contributed by atoms with van der Waals surface area (Å²) < 4.78 is 6.38. The topological polar surface area (TPSA) is 12.5 Å². The minimum Gasteiger partial charge on any atom is -0.497 e. The maximum Gasteiger partial charge on any atom is 0.119 e. The van der Waals surface area contributed by atoms with Crippen molar-refractivity contribution in [3.63, 3.8) is 0 Å². The molecule has 0 heterocycles. The Balaban J connectivity index is 1.94. The van der Waals surface area contributed by atoms with Crippen molar-refractivity contribution < 1.29 is 4.74 Å². The summed E-state index contributed by atoms with van der Waals surface area (Å²) in [5.41, 5.74) is 2.51. The van der Waals surface area contributed by atoms with E-state index in [-0.39, 0.29) is 5.54 Å². The number of nitrogens with zero attached hydrogens (tertiary/aromatic N) is 1. The van der Waals surface area contributed by atoms with Gasteiger partial charge in [-0.05, 0) is 48.9 Å². The molecule has 0 unspecified atom stereocenters. The first-order valence-corrected chi connectivity index (χ1v) is 9.37. The van der Waals surface area contributed by atoms with Crippen LogP contribution in [-0.2, 0) is 6.54 Å². The van der Waals surface area contributed by atoms with Gasteiger partial charge >= 0.3 is 0 Å². The number of methoxy groups -OCH3 is 1. The summed E-state index contributed by atoms with van der Waals surface area (Å²) in [6.45, 7) is 0.869. The van der Waals surface area contributed by atoms with Gasteiger partial charge in [-0.3, -0.25) is 0 Å². The van der Waals surface area contributed by atoms with Crippen molar-refractivity contribution in [3.05, 3.63) is 60.2 Å². The van der Waals surface area contributed by atoms with Crippen LogP contribution in [0.3, 0.4) is 0 Å². The average Bonchev–Trinajstić information content (AvgIpc) is 3.42. The highest BCUT2D eigenvalue weighted by atomic mass is 32.2. The Hall–Kier alpha value is -1.52. The van der Waals surface area contributed by atoms with Gasteiger partial charge in [-0.1, -0.05) is 42.5 Å². The zero-order valence-electron chi connectivity index (χ0n) is 13.5. The fourth-order valence-corrected chi connectivity index (χ4v) is 3.92. The summed E-state index contributed by atoms with van der Waals surface area (Å²) in [6, 6.07) is 18.9. The minimum absolute atomic E-state index is 0.0131. The van der Waals surface area contributed by atoms with Crippen LogP contribution in [0.4, 0.5) is 5.69 Å². The molecule has 0 bridgehead atoms. The lowest BCUT2D eigenvalue weighted by Crippen LogP contribution is -2.41. The molecule has 0 atom stereocenters. The van der Waals surface area contributed by atoms with Crippen molar-refractivity contribution in [2.24, 2.45) is 0 Å². The Morgan fingerprint density at radius 2 is 1.78 bits per heavy atom. The molecule has 3 rings (SSSR count). The summed E-state index contributed by atoms with van der Waals surface area (Å²) in [5, 5.41) is 0. The second-order valence-corrected chi connectivity index (χ2v) is 7.28. The highest BCUT2D eigenvalue weighted by Gasteiger charge is 2.51. The Morgan fingerprint density at radius 3 is 2.30 bits per heavy atom. The van der Waals surface area contributed by atoms with Crippen LogP contribution in [0.1, 0.15) is 18.4 Å². The Kier molecular flexibility index (Phi) is 4.93. The van der Waals surface area contributed by atoms with Crippen LogP contribution in [0.25, 0.3) is 0 Å². The van der Waals surface area contributed by atoms with Crippen LogP contribution in [0.2, 0.25) is 0 Å². The van der Waals surface area contributed by atoms with Gasteiger partial charge in [-0.25, -0.2) is 0 Å². The fraction of sp³-hybridized carbons (Fsp3) is 0.316. The molecule has 0 saturated heterocycles. The van der Waals surface area contributed by atoms with E-state index in [1.807, 2.05) is 12.1 Å². The second-order valence-electron chi connectivity index (χ2n) is 5.79. The lowest BCUT2D eigenvalue weighted by Gasteiger charge is -2.34. The van der Waals surface area contributed by atoms with Crippen LogP contribution in [0.5, 0.6) is 5.75 Å². The summed E-state index contributed by atoms with van der Waals surface area (Å²) >= 11 is 7.39. The number of benzene rings is 2. The maximum atomic E-state index is 5.69. The molecule has 23 heavy (non-hydrogen) atoms. The van der Waals surface area contributed by atoms with Crippen LogP contribution in [0, 0.1) is 0 Å². The highest BCUT2D eigenvalue weighted by Crippen LogP contribution is 2.48. The van der Waals surface area contributed by atoms with E-state index in [4.69, 9.17) is 17.0 Å². The molecule has 2 aromatic rings. The summed E-state index contributed by atoms with van der Waals surface area (Å²) in [5.74, 6) is 0.880. The first-order chi connectivity index (χ1) is 11.2. The number of thiocarbonyl (C=S) groups is 1. The van der Waals surface area contributed by atoms with Crippen LogP contribution in [-0.4, -0.2) is 23.1 Å². The van der Waals surface area contributed by atoms with Crippen molar-refractivity contribution in [1.29, 1.82) is 0 Å². The third-order valence-corrected chi connectivity index (χ3v) is 6.00. The molecular weight excluding hydrogens is 322 g/mol. The molecule has 1 saturated carbocycles. The third-order valence-electron chi connectivity index (χ3n) is 4.37. The van der Waals surface area contributed by atoms with Gasteiger partial charge in [0.1, 0.15) is 5.75 Å². The van der Waals surface area contributed by atoms with Gasteiger partial charge in [0.15, 0.2) is 0 Å². The van der Waals surface area contributed by atoms with E-state index in [0.29, 0.717) is 0 Å². The van der Waals surface area contributed by atoms with E-state index >= 15 is 0 Å². The second kappa shape index (κ2) is 6.93. The van der Waals surface area contributed by atoms with E-state index in [2.05, 4.69) is 53.6 Å². The molecule has 0 radical (unpaired) electrons. The molecule has 0 aliphatic heterocycles. The molecule has 0 spiro atoms. The van der Waals surface area contributed by atoms with Crippen molar-refractivity contribution >= 4 is 33.9 Å². The van der Waals surface area contributed by atoms with Crippen molar-refractivity contribution in [2.75, 3.05) is 18.3 Å². The summed E-state index contributed by atoms with van der Waals surface area (Å²) in [6.07, 6.45) is 4.34. The predicted octanol–water partition coefficient (Wildman–Crippen LogP) is 4.92. The molecule has 2 nitrogen and oxygen atoms in total. The van der Waals surface area contributed by atoms with Gasteiger partial charge in [0.05, 0.1) is 16.8 Å². The van der Waals surface area contributed by atoms with Crippen LogP contribution < -0.4 is 9.64 Å². The number of thioether (sulfide) groups is 1. The molecule has 4 heteroatoms. The molecule has 1 fully saturated rings. The Labute approximate surface area is 147 Å². The largest absolute Gasteiger partial charge is 0.497 e. The highest BCUT2D eigenvalue weighted by molar-refractivity contribution is 8.23. The number of hydrogen-bond acceptors (Lipinski definition) is 4. The van der Waals surface area contributed by atoms with Gasteiger partial charge in [0.25, 0.3) is 0 Å². The zero-order valence-corrected chi connectivity index (χ0v) is 15.1. The zero-order chi connectivity index (χ0) is 16.3. The Bertz CT molecular complexity index is 666. The fourth-order valence-electron chi connectivity index (χ4n) is 2.91. The molecule has 120 valence electrons. The van der Waals surface area contributed by atoms with Crippen molar-refractivity contribution in [2.45, 2.75) is 24.9 Å². The van der Waals surface area contributed by atoms with E-state index in [0.717, 1.165) is 29.3 Å². The molecule has 1 aliphatic carbocycles. The third kappa shape index (κ3) is 3.38. The molecule has 1 aliphatic rings. The van der Waals surface area contributed by atoms with Crippen molar-refractivity contribution in [1.82, 2.24) is 0 Å². The normalized spacial score (nSPS) is 15.0. The SMILES string of the molecule is COc1ccc(N(Cc2ccccc2)C2(C(=S)SC)CC2)cc1. The monoisotopic (exact) mass is 343 g/mol. The maximum absolute atomic E-state index is 5.69. The summed E-state index contributed by atoms with van der Waals surface area (Å²) in [4.78, 5) is 2.46. The number of anilines is 1. The van der Waals surface area contributed by atoms with Gasteiger partial charge in [-0.2, -0.15) is 0 Å². The van der Waals surface area contributed by atoms with E-state index in [1.54, 1.807) is 18.9 Å². The molecular formula is C19H21NOS2. The number of ether oxygens (including phenoxy) is 1. The van der Waals surface area contributed by atoms with Crippen molar-refractivity contribution in [3.8, 4) is 5.75 Å². The Morgan fingerprint density at radius 1 is 1.13 bits per heavy atom. The summed E-state index contributed by atoms with van der Waals surface area (Å²) in [7, 11) is 1.70. The quantitative estimate of drug-likeness (QED) is 0.690. The van der Waals surface area contributed by atoms with E-state index in [1.165, 1.54) is 11.3 Å². The minimum atomic E-state index is 0.0131. The predicted molar refractivity (Wildman–Crippen MR) is 104 cm³/mol. The van der Waals surface area contributed by atoms with E-state index in [9.17, 15) is 0 Å². The first-order valence-electron chi connectivity index (χ1n) is 7.74. The lowest BCUT2D eigenvalue weighted by molar-refractivity contribution is 0.415. The molecule has 2 aromatic carbocycles. The van der Waals surface area contributed by atoms with Gasteiger partial charge in [0.2, 0.25) is 0 Å². The van der Waals surface area contributed by atoms with E-state index < -0.39 is 0 Å². The smallest absolute Gasteiger partial charge is 0.119 e. The van der Waals surface area contributed by atoms with Crippen LogP contribution >= 0.6 is 24.0 Å². The standard InChI is InChI=1S/C19H21NOS2/c1-21-17-10-8-16(9-11-17)20(14-15-6-4-3-5-7-15)19(12-13-19)18(22)23-2/h3-11H,12-14H2,1-2H3. The molecule has 0 amide bonds. The molecule has 0 aromatic heterocycles. The number of rotatable bonds is 6. The average molecular weight is 344 g/mol. The van der Waals surface area contributed by atoms with Gasteiger partial charge in [0, 0.05) is 12.2 Å². The number of hydrogen-bond donors (Lipinski definition) is 0.